The third-order valence-electron chi connectivity index (χ3n) is 3.05. The number of halogens is 4. The highest BCUT2D eigenvalue weighted by Gasteiger charge is 2.18. The molecule has 0 aliphatic rings. The van der Waals surface area contributed by atoms with Gasteiger partial charge in [-0.2, -0.15) is 13.9 Å². The predicted molar refractivity (Wildman–Crippen MR) is 83.4 cm³/mol. The van der Waals surface area contributed by atoms with Crippen molar-refractivity contribution in [3.8, 4) is 5.75 Å². The van der Waals surface area contributed by atoms with Gasteiger partial charge in [0.25, 0.3) is 0 Å². The van der Waals surface area contributed by atoms with Crippen molar-refractivity contribution in [2.75, 3.05) is 5.32 Å². The number of nitrogens with one attached hydrogen (secondary N) is 1. The molecule has 1 amide bonds. The van der Waals surface area contributed by atoms with Gasteiger partial charge in [0.05, 0.1) is 15.7 Å². The van der Waals surface area contributed by atoms with Gasteiger partial charge in [-0.3, -0.25) is 9.48 Å². The SMILES string of the molecule is Cc1nn(C(C)C(=O)Nc2ccc(OC(F)F)c(Cl)c2)cc1Cl. The minimum Gasteiger partial charge on any atom is -0.433 e. The normalized spacial score (nSPS) is 12.3. The van der Waals surface area contributed by atoms with E-state index in [1.54, 1.807) is 20.0 Å². The second kappa shape index (κ2) is 7.14. The Kier molecular flexibility index (Phi) is 5.43. The molecule has 0 aliphatic carbocycles. The van der Waals surface area contributed by atoms with Crippen molar-refractivity contribution < 1.29 is 18.3 Å². The number of aromatic nitrogens is 2. The number of carbonyl (C=O) groups is 1. The fourth-order valence-electron chi connectivity index (χ4n) is 1.79. The topological polar surface area (TPSA) is 56.2 Å². The number of hydrogen-bond donors (Lipinski definition) is 1. The molecule has 2 rings (SSSR count). The molecule has 0 radical (unpaired) electrons. The van der Waals surface area contributed by atoms with Gasteiger partial charge in [0.1, 0.15) is 11.8 Å². The van der Waals surface area contributed by atoms with Crippen molar-refractivity contribution in [2.45, 2.75) is 26.5 Å². The van der Waals surface area contributed by atoms with Crippen molar-refractivity contribution >= 4 is 34.8 Å². The highest BCUT2D eigenvalue weighted by Crippen LogP contribution is 2.29. The zero-order valence-corrected chi connectivity index (χ0v) is 13.7. The fourth-order valence-corrected chi connectivity index (χ4v) is 2.16. The van der Waals surface area contributed by atoms with Gasteiger partial charge in [0.2, 0.25) is 5.91 Å². The van der Waals surface area contributed by atoms with Crippen LogP contribution in [0.25, 0.3) is 0 Å². The maximum absolute atomic E-state index is 12.2. The highest BCUT2D eigenvalue weighted by molar-refractivity contribution is 6.32. The summed E-state index contributed by atoms with van der Waals surface area (Å²) in [5, 5.41) is 7.18. The van der Waals surface area contributed by atoms with Crippen LogP contribution in [0.15, 0.2) is 24.4 Å². The van der Waals surface area contributed by atoms with Crippen LogP contribution in [-0.4, -0.2) is 22.3 Å². The van der Waals surface area contributed by atoms with Gasteiger partial charge in [-0.05, 0) is 32.0 Å². The summed E-state index contributed by atoms with van der Waals surface area (Å²) in [6.07, 6.45) is 1.55. The Hall–Kier alpha value is -1.86. The second-order valence-electron chi connectivity index (χ2n) is 4.73. The Morgan fingerprint density at radius 1 is 1.35 bits per heavy atom. The minimum absolute atomic E-state index is 0.0336. The van der Waals surface area contributed by atoms with Crippen molar-refractivity contribution in [3.05, 3.63) is 40.1 Å². The van der Waals surface area contributed by atoms with Crippen LogP contribution in [-0.2, 0) is 4.79 Å². The molecule has 9 heteroatoms. The molecule has 0 spiro atoms. The molecule has 1 atom stereocenters. The summed E-state index contributed by atoms with van der Waals surface area (Å²) in [6.45, 7) is 0.402. The van der Waals surface area contributed by atoms with Crippen LogP contribution in [0.3, 0.4) is 0 Å². The lowest BCUT2D eigenvalue weighted by atomic mass is 10.2. The van der Waals surface area contributed by atoms with Gasteiger partial charge < -0.3 is 10.1 Å². The quantitative estimate of drug-likeness (QED) is 0.861. The molecule has 2 aromatic rings. The summed E-state index contributed by atoms with van der Waals surface area (Å²) in [5.74, 6) is -0.523. The molecule has 1 aromatic heterocycles. The lowest BCUT2D eigenvalue weighted by molar-refractivity contribution is -0.119. The van der Waals surface area contributed by atoms with Crippen LogP contribution in [0.1, 0.15) is 18.7 Å². The number of benzene rings is 1. The van der Waals surface area contributed by atoms with Gasteiger partial charge in [0, 0.05) is 11.9 Å². The standard InChI is InChI=1S/C14H13Cl2F2N3O2/c1-7-11(16)6-21(20-7)8(2)13(22)19-9-3-4-12(10(15)5-9)23-14(17)18/h3-6,8,14H,1-2H3,(H,19,22). The number of ether oxygens (including phenoxy) is 1. The van der Waals surface area contributed by atoms with Crippen LogP contribution in [0.4, 0.5) is 14.5 Å². The van der Waals surface area contributed by atoms with Gasteiger partial charge in [0.15, 0.2) is 0 Å². The van der Waals surface area contributed by atoms with E-state index in [2.05, 4.69) is 15.2 Å². The van der Waals surface area contributed by atoms with Gasteiger partial charge in [-0.15, -0.1) is 0 Å². The molecule has 0 aliphatic heterocycles. The van der Waals surface area contributed by atoms with E-state index in [9.17, 15) is 13.6 Å². The highest BCUT2D eigenvalue weighted by atomic mass is 35.5. The Labute approximate surface area is 141 Å². The summed E-state index contributed by atoms with van der Waals surface area (Å²) in [4.78, 5) is 12.2. The Balaban J connectivity index is 2.09. The molecule has 0 saturated heterocycles. The third-order valence-corrected chi connectivity index (χ3v) is 3.71. The Bertz CT molecular complexity index is 703. The van der Waals surface area contributed by atoms with Gasteiger partial charge in [-0.1, -0.05) is 23.2 Å². The van der Waals surface area contributed by atoms with E-state index in [1.165, 1.54) is 22.9 Å². The van der Waals surface area contributed by atoms with Crippen LogP contribution in [0.2, 0.25) is 10.0 Å². The van der Waals surface area contributed by atoms with Gasteiger partial charge in [-0.25, -0.2) is 0 Å². The first-order chi connectivity index (χ1) is 10.8. The largest absolute Gasteiger partial charge is 0.433 e. The average molecular weight is 364 g/mol. The van der Waals surface area contributed by atoms with Crippen molar-refractivity contribution in [3.63, 3.8) is 0 Å². The average Bonchev–Trinajstić information content (AvgIpc) is 2.80. The van der Waals surface area contributed by atoms with E-state index in [4.69, 9.17) is 23.2 Å². The number of anilines is 1. The monoisotopic (exact) mass is 363 g/mol. The first-order valence-electron chi connectivity index (χ1n) is 6.54. The fraction of sp³-hybridized carbons (Fsp3) is 0.286. The number of nitrogens with zero attached hydrogens (tertiary/aromatic N) is 2. The lowest BCUT2D eigenvalue weighted by Gasteiger charge is -2.14. The summed E-state index contributed by atoms with van der Waals surface area (Å²) >= 11 is 11.7. The lowest BCUT2D eigenvalue weighted by Crippen LogP contribution is -2.24. The molecule has 5 nitrogen and oxygen atoms in total. The number of alkyl halides is 2. The number of aryl methyl sites for hydroxylation is 1. The third kappa shape index (κ3) is 4.33. The van der Waals surface area contributed by atoms with Crippen molar-refractivity contribution in [2.24, 2.45) is 0 Å². The zero-order chi connectivity index (χ0) is 17.1. The van der Waals surface area contributed by atoms with Crippen molar-refractivity contribution in [1.82, 2.24) is 9.78 Å². The summed E-state index contributed by atoms with van der Waals surface area (Å²) in [5.41, 5.74) is 0.964. The molecule has 1 unspecified atom stereocenters. The second-order valence-corrected chi connectivity index (χ2v) is 5.55. The molecule has 0 fully saturated rings. The van der Waals surface area contributed by atoms with Gasteiger partial charge >= 0.3 is 6.61 Å². The zero-order valence-electron chi connectivity index (χ0n) is 12.2. The Morgan fingerprint density at radius 2 is 2.04 bits per heavy atom. The molecule has 124 valence electrons. The number of amides is 1. The molecular formula is C14H13Cl2F2N3O2. The number of hydrogen-bond acceptors (Lipinski definition) is 3. The molecule has 0 saturated carbocycles. The van der Waals surface area contributed by atoms with Crippen LogP contribution >= 0.6 is 23.2 Å². The first kappa shape index (κ1) is 17.5. The van der Waals surface area contributed by atoms with E-state index in [0.29, 0.717) is 16.4 Å². The number of rotatable bonds is 5. The number of carbonyl (C=O) groups excluding carboxylic acids is 1. The van der Waals surface area contributed by atoms with E-state index < -0.39 is 12.7 Å². The molecule has 0 bridgehead atoms. The first-order valence-corrected chi connectivity index (χ1v) is 7.30. The minimum atomic E-state index is -2.97. The van der Waals surface area contributed by atoms with E-state index in [1.807, 2.05) is 0 Å². The Morgan fingerprint density at radius 3 is 2.57 bits per heavy atom. The maximum Gasteiger partial charge on any atom is 0.387 e. The van der Waals surface area contributed by atoms with Crippen LogP contribution < -0.4 is 10.1 Å². The predicted octanol–water partition coefficient (Wildman–Crippen LogP) is 4.30. The van der Waals surface area contributed by atoms with Crippen LogP contribution in [0, 0.1) is 6.92 Å². The van der Waals surface area contributed by atoms with Crippen molar-refractivity contribution in [1.29, 1.82) is 0 Å². The van der Waals surface area contributed by atoms with E-state index in [0.717, 1.165) is 0 Å². The van der Waals surface area contributed by atoms with Crippen LogP contribution in [0.5, 0.6) is 5.75 Å². The molecule has 1 heterocycles. The summed E-state index contributed by atoms with van der Waals surface area (Å²) in [6, 6.07) is 3.38. The smallest absolute Gasteiger partial charge is 0.387 e. The molecule has 23 heavy (non-hydrogen) atoms. The molecular weight excluding hydrogens is 351 g/mol. The molecule has 1 N–H and O–H groups in total. The molecule has 1 aromatic carbocycles. The van der Waals surface area contributed by atoms with E-state index >= 15 is 0 Å². The summed E-state index contributed by atoms with van der Waals surface area (Å²) in [7, 11) is 0. The maximum atomic E-state index is 12.2. The van der Waals surface area contributed by atoms with E-state index in [-0.39, 0.29) is 16.7 Å². The summed E-state index contributed by atoms with van der Waals surface area (Å²) < 4.78 is 30.0.